The number of nitrogens with zero attached hydrogens (tertiary/aromatic N) is 3. The van der Waals surface area contributed by atoms with Crippen molar-refractivity contribution in [1.29, 1.82) is 0 Å². The van der Waals surface area contributed by atoms with Crippen molar-refractivity contribution in [2.24, 2.45) is 0 Å². The Hall–Kier alpha value is -5.06. The zero-order valence-corrected chi connectivity index (χ0v) is 17.8. The Balaban J connectivity index is 1.65. The second-order valence-electron chi connectivity index (χ2n) is 7.61. The molecule has 174 valence electrons. The third-order valence-electron chi connectivity index (χ3n) is 5.41. The lowest BCUT2D eigenvalue weighted by atomic mass is 10.2. The van der Waals surface area contributed by atoms with Crippen LogP contribution in [0.15, 0.2) is 86.8 Å². The minimum absolute atomic E-state index is 0.105. The van der Waals surface area contributed by atoms with E-state index < -0.39 is 34.4 Å². The molecule has 0 bridgehead atoms. The molecule has 1 amide bonds. The molecule has 0 aliphatic heterocycles. The van der Waals surface area contributed by atoms with Gasteiger partial charge in [0.25, 0.3) is 5.69 Å². The molecule has 5 aromatic rings. The van der Waals surface area contributed by atoms with Crippen LogP contribution in [0.4, 0.5) is 15.8 Å². The van der Waals surface area contributed by atoms with Crippen molar-refractivity contribution in [2.75, 3.05) is 5.32 Å². The van der Waals surface area contributed by atoms with E-state index in [4.69, 9.17) is 4.42 Å². The number of rotatable bonds is 5. The zero-order chi connectivity index (χ0) is 24.7. The van der Waals surface area contributed by atoms with Crippen LogP contribution >= 0.6 is 0 Å². The first kappa shape index (κ1) is 21.8. The van der Waals surface area contributed by atoms with E-state index >= 15 is 0 Å². The Morgan fingerprint density at radius 1 is 1.00 bits per heavy atom. The molecule has 10 nitrogen and oxygen atoms in total. The highest BCUT2D eigenvalue weighted by atomic mass is 19.1. The molecule has 0 radical (unpaired) electrons. The van der Waals surface area contributed by atoms with Crippen LogP contribution in [0, 0.1) is 15.9 Å². The summed E-state index contributed by atoms with van der Waals surface area (Å²) in [5.41, 5.74) is -0.968. The van der Waals surface area contributed by atoms with Gasteiger partial charge in [-0.25, -0.2) is 13.8 Å². The average Bonchev–Trinajstić information content (AvgIpc) is 3.23. The molecule has 1 N–H and O–H groups in total. The predicted octanol–water partition coefficient (Wildman–Crippen LogP) is 3.58. The molecule has 0 atom stereocenters. The fourth-order valence-electron chi connectivity index (χ4n) is 3.82. The highest BCUT2D eigenvalue weighted by Crippen LogP contribution is 2.26. The number of aromatic nitrogens is 2. The van der Waals surface area contributed by atoms with Crippen molar-refractivity contribution < 1.29 is 18.5 Å². The van der Waals surface area contributed by atoms with Crippen molar-refractivity contribution in [3.8, 4) is 5.69 Å². The minimum atomic E-state index is -0.820. The van der Waals surface area contributed by atoms with E-state index in [2.05, 4.69) is 5.32 Å². The van der Waals surface area contributed by atoms with E-state index in [1.54, 1.807) is 24.3 Å². The van der Waals surface area contributed by atoms with E-state index in [0.717, 1.165) is 21.3 Å². The summed E-state index contributed by atoms with van der Waals surface area (Å²) in [7, 11) is 0. The molecule has 5 rings (SSSR count). The van der Waals surface area contributed by atoms with Crippen LogP contribution in [0.1, 0.15) is 0 Å². The van der Waals surface area contributed by atoms with Crippen LogP contribution < -0.4 is 16.6 Å². The summed E-state index contributed by atoms with van der Waals surface area (Å²) in [4.78, 5) is 49.8. The van der Waals surface area contributed by atoms with Crippen molar-refractivity contribution in [3.63, 3.8) is 0 Å². The average molecular weight is 474 g/mol. The van der Waals surface area contributed by atoms with E-state index in [9.17, 15) is 28.9 Å². The second-order valence-corrected chi connectivity index (χ2v) is 7.61. The van der Waals surface area contributed by atoms with Crippen LogP contribution in [0.5, 0.6) is 0 Å². The summed E-state index contributed by atoms with van der Waals surface area (Å²) in [5.74, 6) is -1.16. The maximum atomic E-state index is 13.5. The number of benzene rings is 3. The third-order valence-corrected chi connectivity index (χ3v) is 5.41. The number of anilines is 1. The standard InChI is InChI=1S/C24H15FN4O6/c25-14-5-9-16(10-6-14)28-23(31)22-21(18-3-1-2-4-19(18)35-22)27(24(28)32)13-20(30)26-15-7-11-17(12-8-15)29(33)34/h1-12H,13H2,(H,26,30). The molecule has 2 aromatic heterocycles. The highest BCUT2D eigenvalue weighted by molar-refractivity contribution is 6.03. The normalized spacial score (nSPS) is 11.1. The number of non-ortho nitro benzene ring substituents is 1. The lowest BCUT2D eigenvalue weighted by molar-refractivity contribution is -0.384. The van der Waals surface area contributed by atoms with Crippen LogP contribution in [0.3, 0.4) is 0 Å². The maximum Gasteiger partial charge on any atom is 0.336 e. The maximum absolute atomic E-state index is 13.5. The predicted molar refractivity (Wildman–Crippen MR) is 125 cm³/mol. The SMILES string of the molecule is O=C(Cn1c(=O)n(-c2ccc(F)cc2)c(=O)c2oc3ccccc3c21)Nc1ccc([N+](=O)[O-])cc1. The highest BCUT2D eigenvalue weighted by Gasteiger charge is 2.22. The molecule has 0 saturated heterocycles. The first-order valence-electron chi connectivity index (χ1n) is 10.3. The number of halogens is 1. The summed E-state index contributed by atoms with van der Waals surface area (Å²) < 4.78 is 21.1. The summed E-state index contributed by atoms with van der Waals surface area (Å²) in [5, 5.41) is 13.9. The largest absolute Gasteiger partial charge is 0.449 e. The number of fused-ring (bicyclic) bond motifs is 3. The fraction of sp³-hybridized carbons (Fsp3) is 0.0417. The van der Waals surface area contributed by atoms with Gasteiger partial charge in [0, 0.05) is 23.2 Å². The van der Waals surface area contributed by atoms with Gasteiger partial charge in [0.1, 0.15) is 23.5 Å². The monoisotopic (exact) mass is 474 g/mol. The molecular formula is C24H15FN4O6. The number of furan rings is 1. The molecular weight excluding hydrogens is 459 g/mol. The summed E-state index contributed by atoms with van der Waals surface area (Å²) in [6.45, 7) is -0.489. The summed E-state index contributed by atoms with van der Waals surface area (Å²) >= 11 is 0. The number of carbonyl (C=O) groups excluding carboxylic acids is 1. The van der Waals surface area contributed by atoms with Crippen LogP contribution in [-0.4, -0.2) is 20.0 Å². The molecule has 0 unspecified atom stereocenters. The number of nitrogens with one attached hydrogen (secondary N) is 1. The number of para-hydroxylation sites is 1. The van der Waals surface area contributed by atoms with Gasteiger partial charge in [-0.05, 0) is 48.5 Å². The van der Waals surface area contributed by atoms with Gasteiger partial charge in [-0.15, -0.1) is 0 Å². The smallest absolute Gasteiger partial charge is 0.336 e. The van der Waals surface area contributed by atoms with Gasteiger partial charge in [-0.3, -0.25) is 24.3 Å². The van der Waals surface area contributed by atoms with Crippen LogP contribution in [0.25, 0.3) is 27.8 Å². The molecule has 0 spiro atoms. The quantitative estimate of drug-likeness (QED) is 0.306. The van der Waals surface area contributed by atoms with Crippen molar-refractivity contribution >= 4 is 39.4 Å². The van der Waals surface area contributed by atoms with Gasteiger partial charge in [-0.2, -0.15) is 0 Å². The van der Waals surface area contributed by atoms with Gasteiger partial charge in [-0.1, -0.05) is 12.1 Å². The molecule has 11 heteroatoms. The Labute approximate surface area is 194 Å². The number of hydrogen-bond donors (Lipinski definition) is 1. The Bertz CT molecular complexity index is 1730. The Kier molecular flexibility index (Phi) is 5.21. The van der Waals surface area contributed by atoms with Gasteiger partial charge in [0.15, 0.2) is 0 Å². The van der Waals surface area contributed by atoms with Gasteiger partial charge in [0.2, 0.25) is 11.5 Å². The van der Waals surface area contributed by atoms with Crippen molar-refractivity contribution in [3.05, 3.63) is 110 Å². The third kappa shape index (κ3) is 3.84. The first-order valence-corrected chi connectivity index (χ1v) is 10.3. The zero-order valence-electron chi connectivity index (χ0n) is 17.8. The summed E-state index contributed by atoms with van der Waals surface area (Å²) in [6, 6.07) is 16.6. The van der Waals surface area contributed by atoms with Crippen LogP contribution in [-0.2, 0) is 11.3 Å². The first-order chi connectivity index (χ1) is 16.8. The number of amides is 1. The Morgan fingerprint density at radius 2 is 1.69 bits per heavy atom. The summed E-state index contributed by atoms with van der Waals surface area (Å²) in [6.07, 6.45) is 0. The van der Waals surface area contributed by atoms with Crippen LogP contribution in [0.2, 0.25) is 0 Å². The minimum Gasteiger partial charge on any atom is -0.449 e. The van der Waals surface area contributed by atoms with Crippen molar-refractivity contribution in [1.82, 2.24) is 9.13 Å². The Morgan fingerprint density at radius 3 is 2.37 bits per heavy atom. The lowest BCUT2D eigenvalue weighted by Crippen LogP contribution is -2.40. The van der Waals surface area contributed by atoms with Gasteiger partial charge >= 0.3 is 11.2 Å². The molecule has 35 heavy (non-hydrogen) atoms. The topological polar surface area (TPSA) is 129 Å². The molecule has 0 saturated carbocycles. The van der Waals surface area contributed by atoms with Gasteiger partial charge < -0.3 is 9.73 Å². The fourth-order valence-corrected chi connectivity index (χ4v) is 3.82. The number of nitro groups is 1. The molecule has 0 aliphatic rings. The van der Waals surface area contributed by atoms with Gasteiger partial charge in [0.05, 0.1) is 10.6 Å². The molecule has 3 aromatic carbocycles. The van der Waals surface area contributed by atoms with E-state index in [1.165, 1.54) is 36.4 Å². The lowest BCUT2D eigenvalue weighted by Gasteiger charge is -2.12. The molecule has 0 aliphatic carbocycles. The van der Waals surface area contributed by atoms with Crippen molar-refractivity contribution in [2.45, 2.75) is 6.54 Å². The molecule has 0 fully saturated rings. The number of hydrogen-bond acceptors (Lipinski definition) is 6. The number of nitro benzene ring substituents is 1. The second kappa shape index (κ2) is 8.37. The van der Waals surface area contributed by atoms with E-state index in [0.29, 0.717) is 11.0 Å². The number of carbonyl (C=O) groups is 1. The molecule has 2 heterocycles. The van der Waals surface area contributed by atoms with E-state index in [-0.39, 0.29) is 28.2 Å². The van der Waals surface area contributed by atoms with E-state index in [1.807, 2.05) is 0 Å².